The summed E-state index contributed by atoms with van der Waals surface area (Å²) in [5.41, 5.74) is 5.28. The van der Waals surface area contributed by atoms with Crippen LogP contribution in [0.25, 0.3) is 11.1 Å². The fourth-order valence-corrected chi connectivity index (χ4v) is 2.60. The van der Waals surface area contributed by atoms with E-state index in [9.17, 15) is 4.79 Å². The number of rotatable bonds is 3. The highest BCUT2D eigenvalue weighted by Gasteiger charge is 2.16. The van der Waals surface area contributed by atoms with Crippen molar-refractivity contribution in [3.05, 3.63) is 41.0 Å². The van der Waals surface area contributed by atoms with E-state index in [0.29, 0.717) is 12.2 Å². The van der Waals surface area contributed by atoms with Crippen LogP contribution in [-0.4, -0.2) is 20.3 Å². The summed E-state index contributed by atoms with van der Waals surface area (Å²) in [5, 5.41) is 7.30. The highest BCUT2D eigenvalue weighted by Crippen LogP contribution is 2.19. The Hall–Kier alpha value is -2.50. The fourth-order valence-electron chi connectivity index (χ4n) is 2.60. The number of hydrogen-bond donors (Lipinski definition) is 1. The van der Waals surface area contributed by atoms with Gasteiger partial charge in [-0.15, -0.1) is 0 Å². The molecule has 110 valence electrons. The Morgan fingerprint density at radius 1 is 1.38 bits per heavy atom. The van der Waals surface area contributed by atoms with Crippen LogP contribution in [0.4, 0.5) is 0 Å². The number of aryl methyl sites for hydroxylation is 3. The first-order chi connectivity index (χ1) is 9.99. The summed E-state index contributed by atoms with van der Waals surface area (Å²) in [6.45, 7) is 4.41. The van der Waals surface area contributed by atoms with Crippen molar-refractivity contribution in [2.24, 2.45) is 14.1 Å². The van der Waals surface area contributed by atoms with Gasteiger partial charge in [0.1, 0.15) is 5.69 Å². The first kappa shape index (κ1) is 13.5. The van der Waals surface area contributed by atoms with Gasteiger partial charge in [-0.25, -0.2) is 0 Å². The van der Waals surface area contributed by atoms with Gasteiger partial charge in [0.15, 0.2) is 5.58 Å². The third-order valence-corrected chi connectivity index (χ3v) is 3.98. The summed E-state index contributed by atoms with van der Waals surface area (Å²) in [5.74, 6) is -0.119. The largest absolute Gasteiger partial charge is 0.463 e. The van der Waals surface area contributed by atoms with Gasteiger partial charge in [-0.3, -0.25) is 9.48 Å². The fraction of sp³-hybridized carbons (Fsp3) is 0.333. The molecular weight excluding hydrogens is 268 g/mol. The molecule has 1 N–H and O–H groups in total. The molecule has 6 heteroatoms. The molecule has 1 amide bonds. The second-order valence-electron chi connectivity index (χ2n) is 5.21. The third kappa shape index (κ3) is 2.12. The molecule has 0 saturated carbocycles. The zero-order chi connectivity index (χ0) is 15.1. The van der Waals surface area contributed by atoms with E-state index in [0.717, 1.165) is 28.1 Å². The Morgan fingerprint density at radius 3 is 2.76 bits per heavy atom. The Balaban J connectivity index is 1.80. The molecule has 3 aromatic heterocycles. The Kier molecular flexibility index (Phi) is 3.08. The van der Waals surface area contributed by atoms with Crippen LogP contribution in [0.15, 0.2) is 22.8 Å². The molecule has 0 aliphatic heterocycles. The van der Waals surface area contributed by atoms with E-state index in [1.165, 1.54) is 0 Å². The van der Waals surface area contributed by atoms with Crippen LogP contribution in [0.5, 0.6) is 0 Å². The van der Waals surface area contributed by atoms with E-state index in [1.807, 2.05) is 43.3 Å². The maximum Gasteiger partial charge on any atom is 0.268 e. The molecule has 0 bridgehead atoms. The SMILES string of the molecule is Cc1nn(C)c(C)c1CNC(=O)c1cc2occc2n1C. The molecule has 0 aliphatic carbocycles. The van der Waals surface area contributed by atoms with Crippen molar-refractivity contribution in [3.63, 3.8) is 0 Å². The van der Waals surface area contributed by atoms with Gasteiger partial charge in [-0.1, -0.05) is 0 Å². The van der Waals surface area contributed by atoms with Gasteiger partial charge in [-0.05, 0) is 13.8 Å². The predicted octanol–water partition coefficient (Wildman–Crippen LogP) is 2.05. The molecule has 0 spiro atoms. The quantitative estimate of drug-likeness (QED) is 0.801. The van der Waals surface area contributed by atoms with Crippen LogP contribution < -0.4 is 5.32 Å². The van der Waals surface area contributed by atoms with Gasteiger partial charge in [0.05, 0.1) is 17.5 Å². The Morgan fingerprint density at radius 2 is 2.14 bits per heavy atom. The van der Waals surface area contributed by atoms with Crippen LogP contribution in [0.1, 0.15) is 27.4 Å². The minimum atomic E-state index is -0.119. The van der Waals surface area contributed by atoms with Gasteiger partial charge >= 0.3 is 0 Å². The van der Waals surface area contributed by atoms with Crippen LogP contribution in [0, 0.1) is 13.8 Å². The molecule has 0 aliphatic rings. The monoisotopic (exact) mass is 286 g/mol. The highest BCUT2D eigenvalue weighted by atomic mass is 16.3. The third-order valence-electron chi connectivity index (χ3n) is 3.98. The minimum Gasteiger partial charge on any atom is -0.463 e. The van der Waals surface area contributed by atoms with Gasteiger partial charge in [0, 0.05) is 44.0 Å². The Labute approximate surface area is 122 Å². The maximum atomic E-state index is 12.3. The summed E-state index contributed by atoms with van der Waals surface area (Å²) in [6.07, 6.45) is 1.62. The standard InChI is InChI=1S/C15H18N4O2/c1-9-11(10(2)19(4)17-9)8-16-15(20)13-7-14-12(18(13)3)5-6-21-14/h5-7H,8H2,1-4H3,(H,16,20). The first-order valence-corrected chi connectivity index (χ1v) is 6.79. The summed E-state index contributed by atoms with van der Waals surface area (Å²) in [6, 6.07) is 3.61. The van der Waals surface area contributed by atoms with Crippen molar-refractivity contribution < 1.29 is 9.21 Å². The summed E-state index contributed by atoms with van der Waals surface area (Å²) >= 11 is 0. The number of nitrogens with one attached hydrogen (secondary N) is 1. The number of nitrogens with zero attached hydrogens (tertiary/aromatic N) is 3. The van der Waals surface area contributed by atoms with Crippen molar-refractivity contribution in [2.75, 3.05) is 0 Å². The lowest BCUT2D eigenvalue weighted by atomic mass is 10.2. The van der Waals surface area contributed by atoms with Gasteiger partial charge in [0.25, 0.3) is 5.91 Å². The van der Waals surface area contributed by atoms with Crippen LogP contribution >= 0.6 is 0 Å². The zero-order valence-corrected chi connectivity index (χ0v) is 12.6. The molecule has 0 unspecified atom stereocenters. The lowest BCUT2D eigenvalue weighted by Crippen LogP contribution is -2.25. The average Bonchev–Trinajstić information content (AvgIpc) is 3.07. The van der Waals surface area contributed by atoms with E-state index in [-0.39, 0.29) is 5.91 Å². The van der Waals surface area contributed by atoms with Crippen molar-refractivity contribution in [1.29, 1.82) is 0 Å². The lowest BCUT2D eigenvalue weighted by molar-refractivity contribution is 0.0943. The molecular formula is C15H18N4O2. The number of furan rings is 1. The normalized spacial score (nSPS) is 11.2. The second kappa shape index (κ2) is 4.80. The number of aromatic nitrogens is 3. The van der Waals surface area contributed by atoms with Crippen molar-refractivity contribution in [1.82, 2.24) is 19.7 Å². The van der Waals surface area contributed by atoms with Gasteiger partial charge in [-0.2, -0.15) is 5.10 Å². The number of carbonyl (C=O) groups excluding carboxylic acids is 1. The predicted molar refractivity (Wildman–Crippen MR) is 79.0 cm³/mol. The van der Waals surface area contributed by atoms with Gasteiger partial charge in [0.2, 0.25) is 0 Å². The molecule has 0 radical (unpaired) electrons. The average molecular weight is 286 g/mol. The molecule has 0 fully saturated rings. The van der Waals surface area contributed by atoms with E-state index in [1.54, 1.807) is 12.3 Å². The maximum absolute atomic E-state index is 12.3. The van der Waals surface area contributed by atoms with Crippen molar-refractivity contribution >= 4 is 17.0 Å². The number of amides is 1. The topological polar surface area (TPSA) is 65.0 Å². The number of fused-ring (bicyclic) bond motifs is 1. The first-order valence-electron chi connectivity index (χ1n) is 6.79. The van der Waals surface area contributed by atoms with E-state index in [2.05, 4.69) is 10.4 Å². The molecule has 3 heterocycles. The second-order valence-corrected chi connectivity index (χ2v) is 5.21. The minimum absolute atomic E-state index is 0.119. The molecule has 0 aromatic carbocycles. The highest BCUT2D eigenvalue weighted by molar-refractivity contribution is 5.97. The van der Waals surface area contributed by atoms with Crippen molar-refractivity contribution in [2.45, 2.75) is 20.4 Å². The summed E-state index contributed by atoms with van der Waals surface area (Å²) in [7, 11) is 3.76. The number of carbonyl (C=O) groups is 1. The molecule has 21 heavy (non-hydrogen) atoms. The lowest BCUT2D eigenvalue weighted by Gasteiger charge is -2.07. The van der Waals surface area contributed by atoms with E-state index in [4.69, 9.17) is 4.42 Å². The van der Waals surface area contributed by atoms with E-state index < -0.39 is 0 Å². The van der Waals surface area contributed by atoms with Crippen molar-refractivity contribution in [3.8, 4) is 0 Å². The molecule has 6 nitrogen and oxygen atoms in total. The van der Waals surface area contributed by atoms with Crippen LogP contribution in [-0.2, 0) is 20.6 Å². The smallest absolute Gasteiger partial charge is 0.268 e. The number of hydrogen-bond acceptors (Lipinski definition) is 3. The molecule has 3 rings (SSSR count). The summed E-state index contributed by atoms with van der Waals surface area (Å²) < 4.78 is 8.98. The molecule has 3 aromatic rings. The van der Waals surface area contributed by atoms with E-state index >= 15 is 0 Å². The molecule has 0 saturated heterocycles. The molecule has 0 atom stereocenters. The zero-order valence-electron chi connectivity index (χ0n) is 12.6. The summed E-state index contributed by atoms with van der Waals surface area (Å²) in [4.78, 5) is 12.3. The van der Waals surface area contributed by atoms with Crippen LogP contribution in [0.3, 0.4) is 0 Å². The van der Waals surface area contributed by atoms with Crippen LogP contribution in [0.2, 0.25) is 0 Å². The van der Waals surface area contributed by atoms with Gasteiger partial charge < -0.3 is 14.3 Å². The Bertz CT molecular complexity index is 822.